The van der Waals surface area contributed by atoms with E-state index in [1.54, 1.807) is 23.6 Å². The summed E-state index contributed by atoms with van der Waals surface area (Å²) in [5.74, 6) is -0.307. The zero-order valence-electron chi connectivity index (χ0n) is 9.14. The number of thiazole rings is 1. The second kappa shape index (κ2) is 3.89. The molecule has 0 radical (unpaired) electrons. The monoisotopic (exact) mass is 244 g/mol. The molecule has 0 saturated heterocycles. The molecule has 0 N–H and O–H groups in total. The first-order chi connectivity index (χ1) is 8.24. The van der Waals surface area contributed by atoms with Crippen LogP contribution in [-0.2, 0) is 0 Å². The lowest BCUT2D eigenvalue weighted by Gasteiger charge is -2.02. The number of halogens is 1. The molecule has 0 fully saturated rings. The van der Waals surface area contributed by atoms with E-state index < -0.39 is 0 Å². The van der Waals surface area contributed by atoms with Crippen molar-refractivity contribution in [3.8, 4) is 11.1 Å². The summed E-state index contributed by atoms with van der Waals surface area (Å²) in [6.07, 6.45) is 2.82. The molecule has 0 aliphatic heterocycles. The Balaban J connectivity index is 2.21. The van der Waals surface area contributed by atoms with Gasteiger partial charge in [0.05, 0.1) is 21.4 Å². The van der Waals surface area contributed by atoms with Gasteiger partial charge in [-0.25, -0.2) is 9.37 Å². The van der Waals surface area contributed by atoms with Crippen LogP contribution in [-0.4, -0.2) is 9.97 Å². The maximum absolute atomic E-state index is 13.6. The number of pyridine rings is 1. The summed E-state index contributed by atoms with van der Waals surface area (Å²) < 4.78 is 14.7. The predicted octanol–water partition coefficient (Wildman–Crippen LogP) is 3.81. The fourth-order valence-corrected chi connectivity index (χ4v) is 2.63. The topological polar surface area (TPSA) is 25.8 Å². The Hall–Kier alpha value is -1.81. The van der Waals surface area contributed by atoms with Crippen molar-refractivity contribution in [3.05, 3.63) is 47.5 Å². The van der Waals surface area contributed by atoms with Crippen molar-refractivity contribution in [2.45, 2.75) is 6.92 Å². The van der Waals surface area contributed by atoms with Gasteiger partial charge in [-0.05, 0) is 30.7 Å². The van der Waals surface area contributed by atoms with E-state index in [-0.39, 0.29) is 5.82 Å². The van der Waals surface area contributed by atoms with E-state index in [0.29, 0.717) is 5.56 Å². The molecular weight excluding hydrogens is 235 g/mol. The lowest BCUT2D eigenvalue weighted by atomic mass is 10.1. The summed E-state index contributed by atoms with van der Waals surface area (Å²) in [5.41, 5.74) is 2.32. The zero-order valence-corrected chi connectivity index (χ0v) is 9.96. The Kier molecular flexibility index (Phi) is 2.37. The highest BCUT2D eigenvalue weighted by Crippen LogP contribution is 2.28. The van der Waals surface area contributed by atoms with Crippen LogP contribution in [0.4, 0.5) is 4.39 Å². The maximum Gasteiger partial charge on any atom is 0.149 e. The van der Waals surface area contributed by atoms with Gasteiger partial charge in [0.1, 0.15) is 5.82 Å². The van der Waals surface area contributed by atoms with Gasteiger partial charge in [0.15, 0.2) is 0 Å². The predicted molar refractivity (Wildman–Crippen MR) is 67.5 cm³/mol. The van der Waals surface area contributed by atoms with Crippen LogP contribution in [0, 0.1) is 12.7 Å². The minimum atomic E-state index is -0.307. The number of hydrogen-bond donors (Lipinski definition) is 0. The number of rotatable bonds is 1. The second-order valence-electron chi connectivity index (χ2n) is 3.77. The lowest BCUT2D eigenvalue weighted by Crippen LogP contribution is -1.85. The van der Waals surface area contributed by atoms with Crippen LogP contribution in [0.1, 0.15) is 5.01 Å². The molecular formula is C13H9FN2S. The van der Waals surface area contributed by atoms with Gasteiger partial charge in [-0.15, -0.1) is 11.3 Å². The normalized spacial score (nSPS) is 10.9. The Morgan fingerprint density at radius 3 is 2.94 bits per heavy atom. The van der Waals surface area contributed by atoms with E-state index in [9.17, 15) is 4.39 Å². The second-order valence-corrected chi connectivity index (χ2v) is 5.01. The van der Waals surface area contributed by atoms with Crippen molar-refractivity contribution in [1.82, 2.24) is 9.97 Å². The SMILES string of the molecule is Cc1nc2cc(-c3ccncc3F)ccc2s1. The molecule has 3 aromatic rings. The fourth-order valence-electron chi connectivity index (χ4n) is 1.82. The molecule has 0 unspecified atom stereocenters. The van der Waals surface area contributed by atoms with Crippen LogP contribution in [0.15, 0.2) is 36.7 Å². The van der Waals surface area contributed by atoms with E-state index in [4.69, 9.17) is 0 Å². The smallest absolute Gasteiger partial charge is 0.149 e. The summed E-state index contributed by atoms with van der Waals surface area (Å²) in [5, 5.41) is 1.02. The third-order valence-electron chi connectivity index (χ3n) is 2.58. The van der Waals surface area contributed by atoms with E-state index in [2.05, 4.69) is 9.97 Å². The summed E-state index contributed by atoms with van der Waals surface area (Å²) in [6, 6.07) is 7.49. The Morgan fingerprint density at radius 1 is 1.24 bits per heavy atom. The van der Waals surface area contributed by atoms with Gasteiger partial charge in [-0.1, -0.05) is 6.07 Å². The first-order valence-corrected chi connectivity index (χ1v) is 6.03. The number of aryl methyl sites for hydroxylation is 1. The fraction of sp³-hybridized carbons (Fsp3) is 0.0769. The van der Waals surface area contributed by atoms with Gasteiger partial charge < -0.3 is 0 Å². The highest BCUT2D eigenvalue weighted by atomic mass is 32.1. The number of fused-ring (bicyclic) bond motifs is 1. The molecule has 3 rings (SSSR count). The minimum absolute atomic E-state index is 0.307. The van der Waals surface area contributed by atoms with Gasteiger partial charge in [0.25, 0.3) is 0 Å². The van der Waals surface area contributed by atoms with E-state index in [1.807, 2.05) is 25.1 Å². The van der Waals surface area contributed by atoms with Crippen LogP contribution in [0.2, 0.25) is 0 Å². The van der Waals surface area contributed by atoms with Crippen molar-refractivity contribution in [1.29, 1.82) is 0 Å². The molecule has 17 heavy (non-hydrogen) atoms. The Bertz CT molecular complexity index is 691. The molecule has 0 bridgehead atoms. The quantitative estimate of drug-likeness (QED) is 0.650. The average Bonchev–Trinajstić information content (AvgIpc) is 2.68. The molecule has 1 aromatic carbocycles. The van der Waals surface area contributed by atoms with Gasteiger partial charge in [0, 0.05) is 11.8 Å². The Labute approximate surface area is 102 Å². The number of aromatic nitrogens is 2. The molecule has 0 aliphatic rings. The molecule has 2 nitrogen and oxygen atoms in total. The third kappa shape index (κ3) is 1.80. The third-order valence-corrected chi connectivity index (χ3v) is 3.53. The van der Waals surface area contributed by atoms with E-state index in [1.165, 1.54) is 6.20 Å². The lowest BCUT2D eigenvalue weighted by molar-refractivity contribution is 0.625. The van der Waals surface area contributed by atoms with E-state index >= 15 is 0 Å². The number of hydrogen-bond acceptors (Lipinski definition) is 3. The summed E-state index contributed by atoms with van der Waals surface area (Å²) in [4.78, 5) is 8.16. The highest BCUT2D eigenvalue weighted by molar-refractivity contribution is 7.18. The van der Waals surface area contributed by atoms with Crippen molar-refractivity contribution in [3.63, 3.8) is 0 Å². The Morgan fingerprint density at radius 2 is 2.12 bits per heavy atom. The van der Waals surface area contributed by atoms with Crippen LogP contribution in [0.3, 0.4) is 0 Å². The molecule has 0 atom stereocenters. The average molecular weight is 244 g/mol. The zero-order chi connectivity index (χ0) is 11.8. The van der Waals surface area contributed by atoms with Gasteiger partial charge >= 0.3 is 0 Å². The van der Waals surface area contributed by atoms with Gasteiger partial charge in [-0.3, -0.25) is 4.98 Å². The van der Waals surface area contributed by atoms with Crippen molar-refractivity contribution in [2.24, 2.45) is 0 Å². The van der Waals surface area contributed by atoms with E-state index in [0.717, 1.165) is 20.8 Å². The summed E-state index contributed by atoms with van der Waals surface area (Å²) in [6.45, 7) is 1.97. The van der Waals surface area contributed by atoms with Crippen molar-refractivity contribution in [2.75, 3.05) is 0 Å². The number of benzene rings is 1. The van der Waals surface area contributed by atoms with Crippen LogP contribution >= 0.6 is 11.3 Å². The van der Waals surface area contributed by atoms with Gasteiger partial charge in [0.2, 0.25) is 0 Å². The molecule has 0 aliphatic carbocycles. The largest absolute Gasteiger partial charge is 0.262 e. The molecule has 84 valence electrons. The standard InChI is InChI=1S/C13H9FN2S/c1-8-16-12-6-9(2-3-13(12)17-8)10-4-5-15-7-11(10)14/h2-7H,1H3. The van der Waals surface area contributed by atoms with Crippen molar-refractivity contribution < 1.29 is 4.39 Å². The number of nitrogens with zero attached hydrogens (tertiary/aromatic N) is 2. The molecule has 2 heterocycles. The molecule has 0 saturated carbocycles. The van der Waals surface area contributed by atoms with Gasteiger partial charge in [-0.2, -0.15) is 0 Å². The molecule has 0 spiro atoms. The minimum Gasteiger partial charge on any atom is -0.262 e. The molecule has 0 amide bonds. The maximum atomic E-state index is 13.6. The summed E-state index contributed by atoms with van der Waals surface area (Å²) in [7, 11) is 0. The highest BCUT2D eigenvalue weighted by Gasteiger charge is 2.07. The molecule has 2 aromatic heterocycles. The summed E-state index contributed by atoms with van der Waals surface area (Å²) >= 11 is 1.64. The first-order valence-electron chi connectivity index (χ1n) is 5.21. The van der Waals surface area contributed by atoms with Crippen molar-refractivity contribution >= 4 is 21.6 Å². The first kappa shape index (κ1) is 10.4. The molecule has 4 heteroatoms. The van der Waals surface area contributed by atoms with Crippen LogP contribution in [0.5, 0.6) is 0 Å². The van der Waals surface area contributed by atoms with Crippen LogP contribution in [0.25, 0.3) is 21.3 Å². The van der Waals surface area contributed by atoms with Crippen LogP contribution < -0.4 is 0 Å².